The van der Waals surface area contributed by atoms with E-state index in [4.69, 9.17) is 14.5 Å². The summed E-state index contributed by atoms with van der Waals surface area (Å²) in [6.07, 6.45) is 2.98. The second-order valence-corrected chi connectivity index (χ2v) is 6.21. The molecular formula is C20H25N3O2. The van der Waals surface area contributed by atoms with Crippen LogP contribution in [0.15, 0.2) is 30.5 Å². The van der Waals surface area contributed by atoms with Gasteiger partial charge in [0, 0.05) is 36.4 Å². The molecule has 0 aliphatic carbocycles. The summed E-state index contributed by atoms with van der Waals surface area (Å²) in [7, 11) is 1.67. The summed E-state index contributed by atoms with van der Waals surface area (Å²) < 4.78 is 12.8. The molecule has 5 heteroatoms. The van der Waals surface area contributed by atoms with Gasteiger partial charge in [-0.15, -0.1) is 0 Å². The van der Waals surface area contributed by atoms with Crippen molar-refractivity contribution in [2.24, 2.45) is 0 Å². The number of nitrogens with zero attached hydrogens (tertiary/aromatic N) is 3. The minimum absolute atomic E-state index is 0.531. The number of pyridine rings is 1. The quantitative estimate of drug-likeness (QED) is 0.607. The number of aromatic nitrogens is 3. The standard InChI is InChI=1S/C20H25N3O2/c1-5-8-23-15(3)18(13-21-23)19-11-14(2)17-7-6-16(12-20(17)22-19)25-10-9-24-4/h6-7,11-13H,5,8-10H2,1-4H3. The van der Waals surface area contributed by atoms with Gasteiger partial charge >= 0.3 is 0 Å². The summed E-state index contributed by atoms with van der Waals surface area (Å²) >= 11 is 0. The fraction of sp³-hybridized carbons (Fsp3) is 0.400. The van der Waals surface area contributed by atoms with E-state index in [0.717, 1.165) is 46.6 Å². The molecule has 0 amide bonds. The number of methoxy groups -OCH3 is 1. The maximum Gasteiger partial charge on any atom is 0.121 e. The molecule has 25 heavy (non-hydrogen) atoms. The number of benzene rings is 1. The summed E-state index contributed by atoms with van der Waals surface area (Å²) in [5.74, 6) is 0.812. The molecule has 1 aromatic carbocycles. The Balaban J connectivity index is 1.99. The second-order valence-electron chi connectivity index (χ2n) is 6.21. The van der Waals surface area contributed by atoms with Gasteiger partial charge in [-0.25, -0.2) is 4.98 Å². The van der Waals surface area contributed by atoms with Crippen molar-refractivity contribution in [3.8, 4) is 17.0 Å². The maximum absolute atomic E-state index is 5.72. The normalized spacial score (nSPS) is 11.2. The average molecular weight is 339 g/mol. The third-order valence-electron chi connectivity index (χ3n) is 4.36. The van der Waals surface area contributed by atoms with Crippen molar-refractivity contribution in [2.75, 3.05) is 20.3 Å². The maximum atomic E-state index is 5.72. The Bertz CT molecular complexity index is 871. The van der Waals surface area contributed by atoms with E-state index < -0.39 is 0 Å². The van der Waals surface area contributed by atoms with Crippen LogP contribution in [-0.4, -0.2) is 35.1 Å². The number of hydrogen-bond acceptors (Lipinski definition) is 4. The predicted molar refractivity (Wildman–Crippen MR) is 100 cm³/mol. The Morgan fingerprint density at radius 1 is 1.12 bits per heavy atom. The first kappa shape index (κ1) is 17.4. The van der Waals surface area contributed by atoms with E-state index in [1.807, 2.05) is 23.0 Å². The zero-order chi connectivity index (χ0) is 17.8. The second kappa shape index (κ2) is 7.66. The lowest BCUT2D eigenvalue weighted by molar-refractivity contribution is 0.146. The molecule has 0 atom stereocenters. The van der Waals surface area contributed by atoms with Crippen LogP contribution in [0.4, 0.5) is 0 Å². The van der Waals surface area contributed by atoms with Crippen LogP contribution in [-0.2, 0) is 11.3 Å². The third-order valence-corrected chi connectivity index (χ3v) is 4.36. The minimum Gasteiger partial charge on any atom is -0.491 e. The van der Waals surface area contributed by atoms with Crippen LogP contribution in [0.3, 0.4) is 0 Å². The monoisotopic (exact) mass is 339 g/mol. The third kappa shape index (κ3) is 3.66. The molecule has 132 valence electrons. The molecule has 0 saturated carbocycles. The molecule has 0 spiro atoms. The molecule has 0 radical (unpaired) electrons. The SMILES string of the molecule is CCCn1ncc(-c2cc(C)c3ccc(OCCOC)cc3n2)c1C. The van der Waals surface area contributed by atoms with Crippen LogP contribution in [0.5, 0.6) is 5.75 Å². The molecule has 3 aromatic rings. The first-order valence-corrected chi connectivity index (χ1v) is 8.70. The molecule has 0 aliphatic heterocycles. The van der Waals surface area contributed by atoms with Gasteiger partial charge in [-0.05, 0) is 44.0 Å². The van der Waals surface area contributed by atoms with Gasteiger partial charge in [0.15, 0.2) is 0 Å². The summed E-state index contributed by atoms with van der Waals surface area (Å²) in [5, 5.41) is 5.64. The fourth-order valence-electron chi connectivity index (χ4n) is 2.99. The van der Waals surface area contributed by atoms with Crippen LogP contribution in [0, 0.1) is 13.8 Å². The number of ether oxygens (including phenoxy) is 2. The lowest BCUT2D eigenvalue weighted by Crippen LogP contribution is -2.04. The van der Waals surface area contributed by atoms with E-state index in [1.54, 1.807) is 7.11 Å². The van der Waals surface area contributed by atoms with E-state index in [2.05, 4.69) is 38.0 Å². The Morgan fingerprint density at radius 2 is 1.96 bits per heavy atom. The van der Waals surface area contributed by atoms with Crippen molar-refractivity contribution >= 4 is 10.9 Å². The van der Waals surface area contributed by atoms with Gasteiger partial charge in [0.25, 0.3) is 0 Å². The van der Waals surface area contributed by atoms with Crippen molar-refractivity contribution < 1.29 is 9.47 Å². The van der Waals surface area contributed by atoms with E-state index in [1.165, 1.54) is 5.56 Å². The minimum atomic E-state index is 0.531. The van der Waals surface area contributed by atoms with E-state index >= 15 is 0 Å². The van der Waals surface area contributed by atoms with Gasteiger partial charge in [0.2, 0.25) is 0 Å². The summed E-state index contributed by atoms with van der Waals surface area (Å²) in [4.78, 5) is 4.86. The molecule has 3 rings (SSSR count). The molecular weight excluding hydrogens is 314 g/mol. The van der Waals surface area contributed by atoms with Crippen molar-refractivity contribution in [1.82, 2.24) is 14.8 Å². The molecule has 0 unspecified atom stereocenters. The largest absolute Gasteiger partial charge is 0.491 e. The van der Waals surface area contributed by atoms with Gasteiger partial charge in [0.05, 0.1) is 24.0 Å². The highest BCUT2D eigenvalue weighted by molar-refractivity contribution is 5.86. The van der Waals surface area contributed by atoms with Crippen molar-refractivity contribution in [2.45, 2.75) is 33.7 Å². The van der Waals surface area contributed by atoms with Gasteiger partial charge in [0.1, 0.15) is 12.4 Å². The lowest BCUT2D eigenvalue weighted by atomic mass is 10.1. The van der Waals surface area contributed by atoms with Crippen LogP contribution in [0.2, 0.25) is 0 Å². The highest BCUT2D eigenvalue weighted by atomic mass is 16.5. The first-order valence-electron chi connectivity index (χ1n) is 8.70. The van der Waals surface area contributed by atoms with Crippen LogP contribution in [0.25, 0.3) is 22.2 Å². The molecule has 0 fully saturated rings. The summed E-state index contributed by atoms with van der Waals surface area (Å²) in [6.45, 7) is 8.40. The molecule has 0 saturated heterocycles. The zero-order valence-electron chi connectivity index (χ0n) is 15.4. The Kier molecular flexibility index (Phi) is 5.34. The molecule has 0 aliphatic rings. The topological polar surface area (TPSA) is 49.2 Å². The van der Waals surface area contributed by atoms with Gasteiger partial charge in [-0.2, -0.15) is 5.10 Å². The van der Waals surface area contributed by atoms with Crippen LogP contribution >= 0.6 is 0 Å². The highest BCUT2D eigenvalue weighted by Crippen LogP contribution is 2.28. The predicted octanol–water partition coefficient (Wildman–Crippen LogP) is 4.15. The fourth-order valence-corrected chi connectivity index (χ4v) is 2.99. The number of aryl methyl sites for hydroxylation is 2. The Labute approximate surface area is 148 Å². The first-order chi connectivity index (χ1) is 12.1. The van der Waals surface area contributed by atoms with Crippen LogP contribution < -0.4 is 4.74 Å². The zero-order valence-corrected chi connectivity index (χ0v) is 15.4. The smallest absolute Gasteiger partial charge is 0.121 e. The van der Waals surface area contributed by atoms with Gasteiger partial charge in [-0.1, -0.05) is 6.92 Å². The Morgan fingerprint density at radius 3 is 2.72 bits per heavy atom. The molecule has 0 N–H and O–H groups in total. The van der Waals surface area contributed by atoms with Crippen LogP contribution in [0.1, 0.15) is 24.6 Å². The average Bonchev–Trinajstić information content (AvgIpc) is 2.96. The molecule has 5 nitrogen and oxygen atoms in total. The van der Waals surface area contributed by atoms with Crippen molar-refractivity contribution in [3.05, 3.63) is 41.7 Å². The molecule has 2 aromatic heterocycles. The summed E-state index contributed by atoms with van der Waals surface area (Å²) in [6, 6.07) is 8.18. The molecule has 0 bridgehead atoms. The molecule has 2 heterocycles. The highest BCUT2D eigenvalue weighted by Gasteiger charge is 2.12. The number of fused-ring (bicyclic) bond motifs is 1. The van der Waals surface area contributed by atoms with Gasteiger partial charge in [-0.3, -0.25) is 4.68 Å². The Hall–Kier alpha value is -2.40. The van der Waals surface area contributed by atoms with Crippen molar-refractivity contribution in [1.29, 1.82) is 0 Å². The van der Waals surface area contributed by atoms with E-state index in [-0.39, 0.29) is 0 Å². The van der Waals surface area contributed by atoms with E-state index in [0.29, 0.717) is 13.2 Å². The number of hydrogen-bond donors (Lipinski definition) is 0. The lowest BCUT2D eigenvalue weighted by Gasteiger charge is -2.10. The van der Waals surface area contributed by atoms with Gasteiger partial charge < -0.3 is 9.47 Å². The van der Waals surface area contributed by atoms with Crippen molar-refractivity contribution in [3.63, 3.8) is 0 Å². The number of rotatable bonds is 7. The summed E-state index contributed by atoms with van der Waals surface area (Å²) in [5.41, 5.74) is 5.34. The van der Waals surface area contributed by atoms with E-state index in [9.17, 15) is 0 Å².